The molecule has 2 nitrogen and oxygen atoms in total. The maximum absolute atomic E-state index is 12.2. The summed E-state index contributed by atoms with van der Waals surface area (Å²) in [6, 6.07) is 14.7. The first-order valence-corrected chi connectivity index (χ1v) is 6.84. The molecule has 0 bridgehead atoms. The highest BCUT2D eigenvalue weighted by atomic mass is 35.5. The van der Waals surface area contributed by atoms with Crippen LogP contribution < -0.4 is 5.73 Å². The van der Waals surface area contributed by atoms with Gasteiger partial charge in [-0.05, 0) is 23.8 Å². The van der Waals surface area contributed by atoms with E-state index in [1.165, 1.54) is 0 Å². The lowest BCUT2D eigenvalue weighted by Crippen LogP contribution is -1.98. The van der Waals surface area contributed by atoms with Gasteiger partial charge in [-0.3, -0.25) is 4.21 Å². The Balaban J connectivity index is 2.23. The van der Waals surface area contributed by atoms with Gasteiger partial charge in [0.05, 0.1) is 26.5 Å². The highest BCUT2D eigenvalue weighted by Gasteiger charge is 2.09. The van der Waals surface area contributed by atoms with Gasteiger partial charge in [-0.25, -0.2) is 0 Å². The summed E-state index contributed by atoms with van der Waals surface area (Å²) in [5.41, 5.74) is 7.26. The number of hydrogen-bond acceptors (Lipinski definition) is 2. The van der Waals surface area contributed by atoms with Crippen LogP contribution in [0, 0.1) is 0 Å². The van der Waals surface area contributed by atoms with E-state index in [1.807, 2.05) is 30.3 Å². The monoisotopic (exact) mass is 265 g/mol. The van der Waals surface area contributed by atoms with E-state index in [4.69, 9.17) is 17.3 Å². The van der Waals surface area contributed by atoms with Crippen molar-refractivity contribution in [3.8, 4) is 0 Å². The minimum absolute atomic E-state index is 0.448. The molecule has 0 aliphatic heterocycles. The fourth-order valence-electron chi connectivity index (χ4n) is 1.50. The predicted molar refractivity (Wildman–Crippen MR) is 72.4 cm³/mol. The van der Waals surface area contributed by atoms with E-state index < -0.39 is 10.8 Å². The Bertz CT molecular complexity index is 542. The van der Waals surface area contributed by atoms with Crippen molar-refractivity contribution < 1.29 is 4.21 Å². The van der Waals surface area contributed by atoms with E-state index in [0.29, 0.717) is 21.4 Å². The summed E-state index contributed by atoms with van der Waals surface area (Å²) < 4.78 is 12.2. The van der Waals surface area contributed by atoms with Gasteiger partial charge in [-0.1, -0.05) is 41.9 Å². The van der Waals surface area contributed by atoms with Crippen molar-refractivity contribution in [2.45, 2.75) is 10.6 Å². The third-order valence-corrected chi connectivity index (χ3v) is 4.21. The fourth-order valence-corrected chi connectivity index (χ4v) is 3.08. The van der Waals surface area contributed by atoms with Crippen LogP contribution in [0.15, 0.2) is 53.4 Å². The summed E-state index contributed by atoms with van der Waals surface area (Å²) in [5.74, 6) is 0.448. The largest absolute Gasteiger partial charge is 0.399 e. The van der Waals surface area contributed by atoms with E-state index in [-0.39, 0.29) is 0 Å². The molecule has 2 aromatic carbocycles. The van der Waals surface area contributed by atoms with Gasteiger partial charge >= 0.3 is 0 Å². The normalized spacial score (nSPS) is 12.3. The van der Waals surface area contributed by atoms with Crippen molar-refractivity contribution in [2.75, 3.05) is 5.73 Å². The van der Waals surface area contributed by atoms with Crippen molar-refractivity contribution in [1.29, 1.82) is 0 Å². The molecule has 0 saturated carbocycles. The molecule has 2 rings (SSSR count). The molecule has 0 radical (unpaired) electrons. The molecule has 0 aliphatic carbocycles. The smallest absolute Gasteiger partial charge is 0.0598 e. The topological polar surface area (TPSA) is 43.1 Å². The summed E-state index contributed by atoms with van der Waals surface area (Å²) in [7, 11) is -1.17. The molecule has 2 N–H and O–H groups in total. The number of benzene rings is 2. The van der Waals surface area contributed by atoms with E-state index >= 15 is 0 Å². The summed E-state index contributed by atoms with van der Waals surface area (Å²) in [4.78, 5) is 0.593. The fraction of sp³-hybridized carbons (Fsp3) is 0.0769. The van der Waals surface area contributed by atoms with Crippen LogP contribution in [-0.2, 0) is 16.6 Å². The maximum Gasteiger partial charge on any atom is 0.0598 e. The summed E-state index contributed by atoms with van der Waals surface area (Å²) in [6.45, 7) is 0. The number of hydrogen-bond donors (Lipinski definition) is 1. The van der Waals surface area contributed by atoms with E-state index in [2.05, 4.69) is 0 Å². The minimum atomic E-state index is -1.17. The first-order chi connectivity index (χ1) is 8.16. The van der Waals surface area contributed by atoms with Gasteiger partial charge in [0, 0.05) is 5.69 Å². The zero-order valence-electron chi connectivity index (χ0n) is 9.10. The molecule has 0 spiro atoms. The molecule has 0 aliphatic rings. The van der Waals surface area contributed by atoms with Crippen molar-refractivity contribution >= 4 is 28.1 Å². The standard InChI is InChI=1S/C13H12ClNOS/c14-12-7-6-11(15)8-13(12)17(16)9-10-4-2-1-3-5-10/h1-8H,9,15H2. The van der Waals surface area contributed by atoms with Crippen molar-refractivity contribution in [2.24, 2.45) is 0 Å². The average molecular weight is 266 g/mol. The molecule has 0 fully saturated rings. The van der Waals surface area contributed by atoms with Crippen LogP contribution in [0.3, 0.4) is 0 Å². The van der Waals surface area contributed by atoms with Crippen LogP contribution in [0.25, 0.3) is 0 Å². The quantitative estimate of drug-likeness (QED) is 0.866. The predicted octanol–water partition coefficient (Wildman–Crippen LogP) is 3.23. The third kappa shape index (κ3) is 3.08. The Hall–Kier alpha value is -1.32. The van der Waals surface area contributed by atoms with Gasteiger partial charge in [-0.2, -0.15) is 0 Å². The lowest BCUT2D eigenvalue weighted by Gasteiger charge is -2.05. The molecule has 1 unspecified atom stereocenters. The van der Waals surface area contributed by atoms with Crippen LogP contribution >= 0.6 is 11.6 Å². The minimum Gasteiger partial charge on any atom is -0.399 e. The molecule has 4 heteroatoms. The maximum atomic E-state index is 12.2. The lowest BCUT2D eigenvalue weighted by molar-refractivity contribution is 0.682. The molecule has 0 heterocycles. The molecule has 0 aromatic heterocycles. The zero-order valence-corrected chi connectivity index (χ0v) is 10.7. The van der Waals surface area contributed by atoms with Crippen LogP contribution in [-0.4, -0.2) is 4.21 Å². The van der Waals surface area contributed by atoms with Crippen LogP contribution in [0.2, 0.25) is 5.02 Å². The average Bonchev–Trinajstić information content (AvgIpc) is 2.33. The Kier molecular flexibility index (Phi) is 3.82. The second kappa shape index (κ2) is 5.34. The second-order valence-corrected chi connectivity index (χ2v) is 5.49. The Morgan fingerprint density at radius 1 is 1.12 bits per heavy atom. The van der Waals surface area contributed by atoms with E-state index in [9.17, 15) is 4.21 Å². The van der Waals surface area contributed by atoms with Gasteiger partial charge in [0.1, 0.15) is 0 Å². The molecular formula is C13H12ClNOS. The van der Waals surface area contributed by atoms with Crippen molar-refractivity contribution in [3.05, 3.63) is 59.1 Å². The number of rotatable bonds is 3. The molecule has 0 saturated heterocycles. The highest BCUT2D eigenvalue weighted by Crippen LogP contribution is 2.24. The number of halogens is 1. The molecular weight excluding hydrogens is 254 g/mol. The van der Waals surface area contributed by atoms with Gasteiger partial charge in [0.2, 0.25) is 0 Å². The Morgan fingerprint density at radius 2 is 1.82 bits per heavy atom. The number of anilines is 1. The third-order valence-electron chi connectivity index (χ3n) is 2.34. The van der Waals surface area contributed by atoms with Crippen LogP contribution in [0.5, 0.6) is 0 Å². The number of nitrogen functional groups attached to an aromatic ring is 1. The van der Waals surface area contributed by atoms with Gasteiger partial charge in [-0.15, -0.1) is 0 Å². The summed E-state index contributed by atoms with van der Waals surface area (Å²) >= 11 is 6.01. The first kappa shape index (κ1) is 12.1. The Morgan fingerprint density at radius 3 is 2.53 bits per heavy atom. The van der Waals surface area contributed by atoms with Crippen LogP contribution in [0.4, 0.5) is 5.69 Å². The molecule has 0 amide bonds. The first-order valence-electron chi connectivity index (χ1n) is 5.14. The second-order valence-electron chi connectivity index (χ2n) is 3.67. The molecule has 1 atom stereocenters. The number of nitrogens with two attached hydrogens (primary N) is 1. The van der Waals surface area contributed by atoms with Crippen molar-refractivity contribution in [1.82, 2.24) is 0 Å². The Labute approximate surface area is 108 Å². The van der Waals surface area contributed by atoms with E-state index in [1.54, 1.807) is 18.2 Å². The molecule has 88 valence electrons. The van der Waals surface area contributed by atoms with Crippen LogP contribution in [0.1, 0.15) is 5.56 Å². The van der Waals surface area contributed by atoms with Gasteiger partial charge in [0.25, 0.3) is 0 Å². The van der Waals surface area contributed by atoms with Gasteiger partial charge in [0.15, 0.2) is 0 Å². The highest BCUT2D eigenvalue weighted by molar-refractivity contribution is 7.84. The zero-order chi connectivity index (χ0) is 12.3. The van der Waals surface area contributed by atoms with E-state index in [0.717, 1.165) is 5.56 Å². The summed E-state index contributed by atoms with van der Waals surface area (Å²) in [5, 5.41) is 0.494. The van der Waals surface area contributed by atoms with Gasteiger partial charge < -0.3 is 5.73 Å². The lowest BCUT2D eigenvalue weighted by atomic mass is 10.2. The van der Waals surface area contributed by atoms with Crippen molar-refractivity contribution in [3.63, 3.8) is 0 Å². The molecule has 2 aromatic rings. The molecule has 17 heavy (non-hydrogen) atoms. The SMILES string of the molecule is Nc1ccc(Cl)c(S(=O)Cc2ccccc2)c1. The summed E-state index contributed by atoms with van der Waals surface area (Å²) in [6.07, 6.45) is 0.